The summed E-state index contributed by atoms with van der Waals surface area (Å²) in [5.41, 5.74) is 1.19. The van der Waals surface area contributed by atoms with Gasteiger partial charge in [0.25, 0.3) is 5.91 Å². The average Bonchev–Trinajstić information content (AvgIpc) is 2.90. The van der Waals surface area contributed by atoms with Crippen molar-refractivity contribution in [3.63, 3.8) is 0 Å². The first-order valence-electron chi connectivity index (χ1n) is 7.88. The van der Waals surface area contributed by atoms with Gasteiger partial charge in [0.2, 0.25) is 5.91 Å². The summed E-state index contributed by atoms with van der Waals surface area (Å²) in [6, 6.07) is 6.95. The first-order chi connectivity index (χ1) is 10.6. The Balaban J connectivity index is 0.00000102. The number of rotatable bonds is 3. The summed E-state index contributed by atoms with van der Waals surface area (Å²) in [5, 5.41) is 0. The number of carbonyl (C=O) groups is 2. The first kappa shape index (κ1) is 20.5. The molecule has 1 aliphatic heterocycles. The number of imide groups is 1. The third-order valence-corrected chi connectivity index (χ3v) is 3.66. The molecule has 1 aliphatic rings. The highest BCUT2D eigenvalue weighted by molar-refractivity contribution is 7.22. The van der Waals surface area contributed by atoms with Crippen molar-refractivity contribution < 1.29 is 14.2 Å². The molecular formula is C17H26NO3P. The predicted octanol–water partition coefficient (Wildman–Crippen LogP) is 4.68. The Morgan fingerprint density at radius 3 is 2.32 bits per heavy atom. The van der Waals surface area contributed by atoms with E-state index < -0.39 is 0 Å². The van der Waals surface area contributed by atoms with Gasteiger partial charge in [-0.1, -0.05) is 45.9 Å². The number of nitrogens with zero attached hydrogens (tertiary/aromatic N) is 1. The van der Waals surface area contributed by atoms with Gasteiger partial charge in [-0.2, -0.15) is 0 Å². The molecule has 0 radical (unpaired) electrons. The number of amides is 2. The molecule has 0 N–H and O–H groups in total. The SMILES string of the molecule is CC.CC.C[C@@H]1CCC(=O)N1C(=O)c1ccccc1CP=O. The number of carbonyl (C=O) groups excluding carboxylic acids is 2. The van der Waals surface area contributed by atoms with E-state index in [0.717, 1.165) is 0 Å². The Kier molecular flexibility index (Phi) is 10.3. The van der Waals surface area contributed by atoms with Crippen molar-refractivity contribution in [2.45, 2.75) is 59.7 Å². The maximum Gasteiger partial charge on any atom is 0.261 e. The lowest BCUT2D eigenvalue weighted by atomic mass is 10.1. The maximum absolute atomic E-state index is 12.4. The van der Waals surface area contributed by atoms with Crippen LogP contribution in [0.5, 0.6) is 0 Å². The lowest BCUT2D eigenvalue weighted by Gasteiger charge is -2.20. The zero-order chi connectivity index (χ0) is 17.1. The van der Waals surface area contributed by atoms with Crippen molar-refractivity contribution in [1.29, 1.82) is 0 Å². The van der Waals surface area contributed by atoms with Crippen LogP contribution in [0.4, 0.5) is 0 Å². The molecule has 2 rings (SSSR count). The van der Waals surface area contributed by atoms with Gasteiger partial charge < -0.3 is 0 Å². The quantitative estimate of drug-likeness (QED) is 0.599. The summed E-state index contributed by atoms with van der Waals surface area (Å²) < 4.78 is 10.7. The number of hydrogen-bond acceptors (Lipinski definition) is 3. The highest BCUT2D eigenvalue weighted by atomic mass is 31.1. The van der Waals surface area contributed by atoms with Gasteiger partial charge in [-0.25, -0.2) is 0 Å². The topological polar surface area (TPSA) is 54.5 Å². The third-order valence-electron chi connectivity index (χ3n) is 3.19. The Labute approximate surface area is 135 Å². The van der Waals surface area contributed by atoms with Crippen LogP contribution in [-0.4, -0.2) is 22.8 Å². The Morgan fingerprint density at radius 1 is 1.23 bits per heavy atom. The number of benzene rings is 1. The van der Waals surface area contributed by atoms with Crippen LogP contribution in [0.1, 0.15) is 63.4 Å². The van der Waals surface area contributed by atoms with Gasteiger partial charge >= 0.3 is 0 Å². The minimum Gasteiger partial charge on any atom is -0.276 e. The van der Waals surface area contributed by atoms with Crippen molar-refractivity contribution in [3.05, 3.63) is 35.4 Å². The van der Waals surface area contributed by atoms with Crippen LogP contribution >= 0.6 is 8.46 Å². The molecule has 2 amide bonds. The number of likely N-dealkylation sites (tertiary alicyclic amines) is 1. The van der Waals surface area contributed by atoms with Gasteiger partial charge in [0.1, 0.15) is 0 Å². The van der Waals surface area contributed by atoms with Crippen LogP contribution in [-0.2, 0) is 15.5 Å². The summed E-state index contributed by atoms with van der Waals surface area (Å²) in [7, 11) is -0.0292. The molecule has 4 nitrogen and oxygen atoms in total. The smallest absolute Gasteiger partial charge is 0.261 e. The highest BCUT2D eigenvalue weighted by Crippen LogP contribution is 2.23. The molecule has 1 aromatic rings. The van der Waals surface area contributed by atoms with E-state index in [1.54, 1.807) is 24.3 Å². The van der Waals surface area contributed by atoms with E-state index in [1.807, 2.05) is 34.6 Å². The summed E-state index contributed by atoms with van der Waals surface area (Å²) in [6.07, 6.45) is 1.43. The van der Waals surface area contributed by atoms with E-state index in [9.17, 15) is 14.2 Å². The summed E-state index contributed by atoms with van der Waals surface area (Å²) >= 11 is 0. The first-order valence-corrected chi connectivity index (χ1v) is 8.88. The van der Waals surface area contributed by atoms with Crippen LogP contribution in [0, 0.1) is 0 Å². The van der Waals surface area contributed by atoms with Gasteiger partial charge in [-0.15, -0.1) is 0 Å². The van der Waals surface area contributed by atoms with Crippen molar-refractivity contribution in [2.75, 3.05) is 0 Å². The van der Waals surface area contributed by atoms with E-state index in [-0.39, 0.29) is 26.3 Å². The minimum atomic E-state index is -0.274. The minimum absolute atomic E-state index is 0.0292. The highest BCUT2D eigenvalue weighted by Gasteiger charge is 2.33. The van der Waals surface area contributed by atoms with Crippen LogP contribution in [0.2, 0.25) is 0 Å². The van der Waals surface area contributed by atoms with Crippen molar-refractivity contribution in [1.82, 2.24) is 4.90 Å². The van der Waals surface area contributed by atoms with Gasteiger partial charge in [0, 0.05) is 18.0 Å². The predicted molar refractivity (Wildman–Crippen MR) is 90.3 cm³/mol. The van der Waals surface area contributed by atoms with Crippen LogP contribution in [0.3, 0.4) is 0 Å². The van der Waals surface area contributed by atoms with E-state index in [4.69, 9.17) is 0 Å². The van der Waals surface area contributed by atoms with Crippen molar-refractivity contribution in [2.24, 2.45) is 0 Å². The fourth-order valence-electron chi connectivity index (χ4n) is 2.21. The standard InChI is InChI=1S/C13H14NO3P.2C2H6/c1-9-6-7-12(15)14(9)13(16)11-5-3-2-4-10(11)8-18-17;2*1-2/h2-5,9H,6-8H2,1H3;2*1-2H3/t9-;;/m1../s1. The molecule has 0 aliphatic carbocycles. The molecule has 1 atom stereocenters. The Hall–Kier alpha value is -1.54. The molecule has 0 spiro atoms. The molecule has 0 aromatic heterocycles. The van der Waals surface area contributed by atoms with Crippen molar-refractivity contribution >= 4 is 20.3 Å². The van der Waals surface area contributed by atoms with Crippen molar-refractivity contribution in [3.8, 4) is 0 Å². The summed E-state index contributed by atoms with van der Waals surface area (Å²) in [5.74, 6) is -0.397. The monoisotopic (exact) mass is 323 g/mol. The van der Waals surface area contributed by atoms with Gasteiger partial charge in [0.05, 0.1) is 6.16 Å². The second-order valence-corrected chi connectivity index (χ2v) is 4.98. The summed E-state index contributed by atoms with van der Waals surface area (Å²) in [4.78, 5) is 25.4. The van der Waals surface area contributed by atoms with Crippen LogP contribution < -0.4 is 0 Å². The number of hydrogen-bond donors (Lipinski definition) is 0. The van der Waals surface area contributed by atoms with Gasteiger partial charge in [-0.3, -0.25) is 19.1 Å². The average molecular weight is 323 g/mol. The molecule has 0 bridgehead atoms. The van der Waals surface area contributed by atoms with E-state index in [2.05, 4.69) is 0 Å². The second kappa shape index (κ2) is 11.1. The lowest BCUT2D eigenvalue weighted by Crippen LogP contribution is -2.37. The molecule has 122 valence electrons. The largest absolute Gasteiger partial charge is 0.276 e. The molecule has 22 heavy (non-hydrogen) atoms. The van der Waals surface area contributed by atoms with Gasteiger partial charge in [-0.05, 0) is 25.0 Å². The molecule has 0 unspecified atom stereocenters. The van der Waals surface area contributed by atoms with Crippen LogP contribution in [0.15, 0.2) is 24.3 Å². The maximum atomic E-state index is 12.4. The zero-order valence-corrected chi connectivity index (χ0v) is 15.0. The lowest BCUT2D eigenvalue weighted by molar-refractivity contribution is -0.126. The van der Waals surface area contributed by atoms with Gasteiger partial charge in [0.15, 0.2) is 8.46 Å². The molecule has 1 fully saturated rings. The fourth-order valence-corrected chi connectivity index (χ4v) is 2.62. The molecule has 5 heteroatoms. The van der Waals surface area contributed by atoms with E-state index in [0.29, 0.717) is 30.1 Å². The third kappa shape index (κ3) is 5.03. The molecule has 0 saturated carbocycles. The van der Waals surface area contributed by atoms with E-state index >= 15 is 0 Å². The molecule has 1 saturated heterocycles. The normalized spacial score (nSPS) is 16.5. The Morgan fingerprint density at radius 2 is 1.82 bits per heavy atom. The van der Waals surface area contributed by atoms with Crippen LogP contribution in [0.25, 0.3) is 0 Å². The zero-order valence-electron chi connectivity index (χ0n) is 14.1. The molecular weight excluding hydrogens is 297 g/mol. The summed E-state index contributed by atoms with van der Waals surface area (Å²) in [6.45, 7) is 9.87. The Bertz CT molecular complexity index is 502. The fraction of sp³-hybridized carbons (Fsp3) is 0.529. The second-order valence-electron chi connectivity index (χ2n) is 4.40. The van der Waals surface area contributed by atoms with E-state index in [1.165, 1.54) is 4.90 Å². The molecule has 1 aromatic carbocycles. The molecule has 1 heterocycles.